The average Bonchev–Trinajstić information content (AvgIpc) is 3.09. The molecule has 1 saturated heterocycles. The van der Waals surface area contributed by atoms with Gasteiger partial charge in [-0.3, -0.25) is 14.8 Å². The molecule has 1 aliphatic rings. The monoisotopic (exact) mass is 315 g/mol. The van der Waals surface area contributed by atoms with Crippen LogP contribution >= 0.6 is 0 Å². The summed E-state index contributed by atoms with van der Waals surface area (Å²) in [7, 11) is 0. The molecule has 0 atom stereocenters. The molecule has 0 bridgehead atoms. The second kappa shape index (κ2) is 6.24. The van der Waals surface area contributed by atoms with E-state index in [4.69, 9.17) is 0 Å². The number of carbonyl (C=O) groups excluding carboxylic acids is 1. The third-order valence-electron chi connectivity index (χ3n) is 4.22. The molecule has 3 aromatic rings. The molecule has 3 heterocycles. The van der Waals surface area contributed by atoms with E-state index in [2.05, 4.69) is 16.0 Å². The Morgan fingerprint density at radius 1 is 0.833 bits per heavy atom. The molecule has 0 saturated carbocycles. The number of aromatic nitrogens is 2. The van der Waals surface area contributed by atoms with Gasteiger partial charge in [-0.2, -0.15) is 0 Å². The predicted molar refractivity (Wildman–Crippen MR) is 94.5 cm³/mol. The number of rotatable bonds is 3. The molecule has 2 aromatic heterocycles. The summed E-state index contributed by atoms with van der Waals surface area (Å²) in [5.74, 6) is 0.181. The summed E-state index contributed by atoms with van der Waals surface area (Å²) in [6.45, 7) is 0.770. The molecule has 4 nitrogen and oxygen atoms in total. The number of pyridine rings is 2. The molecule has 4 heteroatoms. The van der Waals surface area contributed by atoms with Crippen molar-refractivity contribution in [3.63, 3.8) is 0 Å². The van der Waals surface area contributed by atoms with Gasteiger partial charge in [-0.1, -0.05) is 12.1 Å². The minimum atomic E-state index is 0.181. The molecule has 1 aromatic carbocycles. The number of carbonyl (C=O) groups is 1. The van der Waals surface area contributed by atoms with Gasteiger partial charge in [-0.15, -0.1) is 0 Å². The summed E-state index contributed by atoms with van der Waals surface area (Å²) >= 11 is 0. The van der Waals surface area contributed by atoms with Crippen LogP contribution in [0.1, 0.15) is 12.8 Å². The maximum Gasteiger partial charge on any atom is 0.227 e. The van der Waals surface area contributed by atoms with Crippen molar-refractivity contribution in [3.05, 3.63) is 67.0 Å². The SMILES string of the molecule is O=C1CCCN1c1cc(-c2ccccn2)cc(-c2ccccn2)c1. The Morgan fingerprint density at radius 3 is 1.92 bits per heavy atom. The van der Waals surface area contributed by atoms with Crippen LogP contribution in [0, 0.1) is 0 Å². The van der Waals surface area contributed by atoms with E-state index in [-0.39, 0.29) is 5.91 Å². The van der Waals surface area contributed by atoms with Crippen molar-refractivity contribution >= 4 is 11.6 Å². The number of hydrogen-bond donors (Lipinski definition) is 0. The first-order valence-corrected chi connectivity index (χ1v) is 8.09. The quantitative estimate of drug-likeness (QED) is 0.735. The first-order chi connectivity index (χ1) is 11.8. The van der Waals surface area contributed by atoms with Crippen LogP contribution in [0.15, 0.2) is 67.0 Å². The highest BCUT2D eigenvalue weighted by Crippen LogP contribution is 2.32. The van der Waals surface area contributed by atoms with Crippen molar-refractivity contribution in [2.24, 2.45) is 0 Å². The van der Waals surface area contributed by atoms with E-state index in [0.717, 1.165) is 41.2 Å². The molecule has 4 rings (SSSR count). The summed E-state index contributed by atoms with van der Waals surface area (Å²) in [6, 6.07) is 17.9. The topological polar surface area (TPSA) is 46.1 Å². The summed E-state index contributed by atoms with van der Waals surface area (Å²) in [4.78, 5) is 22.9. The van der Waals surface area contributed by atoms with Crippen LogP contribution in [0.3, 0.4) is 0 Å². The van der Waals surface area contributed by atoms with Gasteiger partial charge in [0.2, 0.25) is 5.91 Å². The highest BCUT2D eigenvalue weighted by Gasteiger charge is 2.22. The fourth-order valence-electron chi connectivity index (χ4n) is 3.05. The van der Waals surface area contributed by atoms with Crippen LogP contribution in [-0.4, -0.2) is 22.4 Å². The van der Waals surface area contributed by atoms with Crippen molar-refractivity contribution in [3.8, 4) is 22.5 Å². The van der Waals surface area contributed by atoms with E-state index in [1.807, 2.05) is 53.4 Å². The molecule has 0 spiro atoms. The zero-order chi connectivity index (χ0) is 16.4. The Labute approximate surface area is 140 Å². The number of nitrogens with zero attached hydrogens (tertiary/aromatic N) is 3. The summed E-state index contributed by atoms with van der Waals surface area (Å²) in [5, 5.41) is 0. The Balaban J connectivity index is 1.86. The van der Waals surface area contributed by atoms with Gasteiger partial charge < -0.3 is 4.90 Å². The van der Waals surface area contributed by atoms with E-state index in [1.165, 1.54) is 0 Å². The average molecular weight is 315 g/mol. The van der Waals surface area contributed by atoms with E-state index < -0.39 is 0 Å². The van der Waals surface area contributed by atoms with Crippen LogP contribution in [0.4, 0.5) is 5.69 Å². The van der Waals surface area contributed by atoms with E-state index >= 15 is 0 Å². The van der Waals surface area contributed by atoms with E-state index in [1.54, 1.807) is 12.4 Å². The fraction of sp³-hybridized carbons (Fsp3) is 0.150. The second-order valence-corrected chi connectivity index (χ2v) is 5.85. The summed E-state index contributed by atoms with van der Waals surface area (Å²) in [6.07, 6.45) is 5.09. The Hall–Kier alpha value is -3.01. The molecule has 118 valence electrons. The maximum atomic E-state index is 12.2. The third kappa shape index (κ3) is 2.78. The van der Waals surface area contributed by atoms with Gasteiger partial charge in [-0.05, 0) is 48.9 Å². The smallest absolute Gasteiger partial charge is 0.227 e. The Morgan fingerprint density at radius 2 is 1.46 bits per heavy atom. The van der Waals surface area contributed by atoms with Crippen LogP contribution in [0.25, 0.3) is 22.5 Å². The van der Waals surface area contributed by atoms with Crippen molar-refractivity contribution in [2.75, 3.05) is 11.4 Å². The van der Waals surface area contributed by atoms with Gasteiger partial charge in [0, 0.05) is 42.2 Å². The molecular formula is C20H17N3O. The normalized spacial score (nSPS) is 14.2. The molecule has 1 amide bonds. The van der Waals surface area contributed by atoms with Crippen molar-refractivity contribution in [1.82, 2.24) is 9.97 Å². The zero-order valence-electron chi connectivity index (χ0n) is 13.2. The molecule has 0 radical (unpaired) electrons. The minimum absolute atomic E-state index is 0.181. The predicted octanol–water partition coefficient (Wildman–Crippen LogP) is 3.94. The lowest BCUT2D eigenvalue weighted by Gasteiger charge is -2.18. The first-order valence-electron chi connectivity index (χ1n) is 8.09. The van der Waals surface area contributed by atoms with Crippen LogP contribution in [0.2, 0.25) is 0 Å². The van der Waals surface area contributed by atoms with Crippen molar-refractivity contribution < 1.29 is 4.79 Å². The van der Waals surface area contributed by atoms with Crippen LogP contribution < -0.4 is 4.90 Å². The number of hydrogen-bond acceptors (Lipinski definition) is 3. The molecule has 0 N–H and O–H groups in total. The fourth-order valence-corrected chi connectivity index (χ4v) is 3.05. The van der Waals surface area contributed by atoms with Crippen LogP contribution in [-0.2, 0) is 4.79 Å². The molecule has 1 fully saturated rings. The van der Waals surface area contributed by atoms with Gasteiger partial charge in [0.25, 0.3) is 0 Å². The molecule has 24 heavy (non-hydrogen) atoms. The van der Waals surface area contributed by atoms with Crippen molar-refractivity contribution in [2.45, 2.75) is 12.8 Å². The summed E-state index contributed by atoms with van der Waals surface area (Å²) in [5.41, 5.74) is 4.69. The Kier molecular flexibility index (Phi) is 3.79. The van der Waals surface area contributed by atoms with Gasteiger partial charge in [-0.25, -0.2) is 0 Å². The summed E-state index contributed by atoms with van der Waals surface area (Å²) < 4.78 is 0. The molecule has 0 unspecified atom stereocenters. The highest BCUT2D eigenvalue weighted by atomic mass is 16.2. The van der Waals surface area contributed by atoms with Crippen molar-refractivity contribution in [1.29, 1.82) is 0 Å². The first kappa shape index (κ1) is 14.6. The maximum absolute atomic E-state index is 12.2. The molecular weight excluding hydrogens is 298 g/mol. The lowest BCUT2D eigenvalue weighted by atomic mass is 10.0. The van der Waals surface area contributed by atoms with E-state index in [9.17, 15) is 4.79 Å². The van der Waals surface area contributed by atoms with Crippen LogP contribution in [0.5, 0.6) is 0 Å². The van der Waals surface area contributed by atoms with E-state index in [0.29, 0.717) is 6.42 Å². The number of anilines is 1. The highest BCUT2D eigenvalue weighted by molar-refractivity contribution is 5.96. The number of benzene rings is 1. The molecule has 0 aliphatic carbocycles. The van der Waals surface area contributed by atoms with Gasteiger partial charge >= 0.3 is 0 Å². The lowest BCUT2D eigenvalue weighted by molar-refractivity contribution is -0.117. The lowest BCUT2D eigenvalue weighted by Crippen LogP contribution is -2.23. The van der Waals surface area contributed by atoms with Gasteiger partial charge in [0.05, 0.1) is 11.4 Å². The minimum Gasteiger partial charge on any atom is -0.312 e. The molecule has 1 aliphatic heterocycles. The zero-order valence-corrected chi connectivity index (χ0v) is 13.2. The Bertz CT molecular complexity index is 805. The second-order valence-electron chi connectivity index (χ2n) is 5.85. The van der Waals surface area contributed by atoms with Gasteiger partial charge in [0.1, 0.15) is 0 Å². The standard InChI is InChI=1S/C20H17N3O/c24-20-8-5-11-23(20)17-13-15(18-6-1-3-9-21-18)12-16(14-17)19-7-2-4-10-22-19/h1-4,6-7,9-10,12-14H,5,8,11H2. The largest absolute Gasteiger partial charge is 0.312 e. The third-order valence-corrected chi connectivity index (χ3v) is 4.22. The number of amides is 1. The van der Waals surface area contributed by atoms with Gasteiger partial charge in [0.15, 0.2) is 0 Å².